The van der Waals surface area contributed by atoms with Crippen LogP contribution in [0.5, 0.6) is 0 Å². The summed E-state index contributed by atoms with van der Waals surface area (Å²) in [6, 6.07) is 20.4. The number of nitrogens with one attached hydrogen (secondary N) is 2. The number of benzene rings is 2. The van der Waals surface area contributed by atoms with Crippen molar-refractivity contribution < 1.29 is 4.79 Å². The highest BCUT2D eigenvalue weighted by molar-refractivity contribution is 5.74. The number of hydrogen-bond acceptors (Lipinski definition) is 2. The van der Waals surface area contributed by atoms with Crippen molar-refractivity contribution in [1.82, 2.24) is 15.5 Å². The highest BCUT2D eigenvalue weighted by atomic mass is 16.2. The summed E-state index contributed by atoms with van der Waals surface area (Å²) in [5.74, 6) is 0.563. The molecule has 2 aromatic carbocycles. The molecule has 28 heavy (non-hydrogen) atoms. The summed E-state index contributed by atoms with van der Waals surface area (Å²) in [6.45, 7) is 6.21. The Morgan fingerprint density at radius 1 is 1.07 bits per heavy atom. The number of carbonyl (C=O) groups excluding carboxylic acids is 1. The van der Waals surface area contributed by atoms with Crippen LogP contribution in [0, 0.1) is 5.92 Å². The molecule has 1 fully saturated rings. The van der Waals surface area contributed by atoms with Crippen molar-refractivity contribution in [3.63, 3.8) is 0 Å². The van der Waals surface area contributed by atoms with Gasteiger partial charge in [0.05, 0.1) is 0 Å². The van der Waals surface area contributed by atoms with E-state index in [0.29, 0.717) is 19.0 Å². The van der Waals surface area contributed by atoms with Gasteiger partial charge in [-0.1, -0.05) is 72.3 Å². The van der Waals surface area contributed by atoms with Gasteiger partial charge in [0.15, 0.2) is 0 Å². The van der Waals surface area contributed by atoms with Crippen molar-refractivity contribution >= 4 is 12.1 Å². The van der Waals surface area contributed by atoms with Gasteiger partial charge in [0.2, 0.25) is 0 Å². The topological polar surface area (TPSA) is 44.4 Å². The first-order chi connectivity index (χ1) is 13.7. The van der Waals surface area contributed by atoms with E-state index in [1.165, 1.54) is 11.1 Å². The second-order valence-electron chi connectivity index (χ2n) is 7.62. The number of amides is 2. The average molecular weight is 378 g/mol. The zero-order chi connectivity index (χ0) is 19.6. The van der Waals surface area contributed by atoms with Crippen molar-refractivity contribution in [2.75, 3.05) is 26.2 Å². The van der Waals surface area contributed by atoms with Crippen LogP contribution < -0.4 is 10.6 Å². The molecule has 4 nitrogen and oxygen atoms in total. The van der Waals surface area contributed by atoms with E-state index in [-0.39, 0.29) is 6.03 Å². The van der Waals surface area contributed by atoms with Crippen molar-refractivity contribution in [2.24, 2.45) is 5.92 Å². The number of piperidine rings is 1. The van der Waals surface area contributed by atoms with Crippen LogP contribution in [0.25, 0.3) is 6.08 Å². The lowest BCUT2D eigenvalue weighted by Crippen LogP contribution is -2.44. The molecule has 1 aliphatic heterocycles. The number of rotatable bonds is 7. The molecule has 148 valence electrons. The van der Waals surface area contributed by atoms with Gasteiger partial charge in [0.25, 0.3) is 0 Å². The van der Waals surface area contributed by atoms with Gasteiger partial charge in [-0.3, -0.25) is 0 Å². The Balaban J connectivity index is 1.64. The maximum Gasteiger partial charge on any atom is 0.317 e. The average Bonchev–Trinajstić information content (AvgIpc) is 2.74. The Labute approximate surface area is 168 Å². The smallest absolute Gasteiger partial charge is 0.317 e. The fraction of sp³-hybridized carbons (Fsp3) is 0.375. The second kappa shape index (κ2) is 10.7. The summed E-state index contributed by atoms with van der Waals surface area (Å²) >= 11 is 0. The first-order valence-corrected chi connectivity index (χ1v) is 10.2. The molecule has 0 aromatic heterocycles. The van der Waals surface area contributed by atoms with Gasteiger partial charge in [-0.05, 0) is 49.9 Å². The number of hydrogen-bond donors (Lipinski definition) is 2. The summed E-state index contributed by atoms with van der Waals surface area (Å²) in [5, 5.41) is 6.51. The molecular formula is C24H31N3O. The number of nitrogens with zero attached hydrogens (tertiary/aromatic N) is 1. The van der Waals surface area contributed by atoms with E-state index in [1.54, 1.807) is 0 Å². The third-order valence-electron chi connectivity index (χ3n) is 5.16. The fourth-order valence-electron chi connectivity index (χ4n) is 3.66. The molecule has 1 aliphatic rings. The van der Waals surface area contributed by atoms with Gasteiger partial charge < -0.3 is 15.5 Å². The van der Waals surface area contributed by atoms with E-state index in [2.05, 4.69) is 35.8 Å². The second-order valence-corrected chi connectivity index (χ2v) is 7.62. The molecule has 0 saturated carbocycles. The molecule has 4 heteroatoms. The molecule has 2 aromatic rings. The Bertz CT molecular complexity index is 752. The fourth-order valence-corrected chi connectivity index (χ4v) is 3.66. The molecule has 0 radical (unpaired) electrons. The predicted octanol–water partition coefficient (Wildman–Crippen LogP) is 4.30. The van der Waals surface area contributed by atoms with Gasteiger partial charge >= 0.3 is 6.03 Å². The van der Waals surface area contributed by atoms with E-state index in [9.17, 15) is 4.79 Å². The SMILES string of the molecule is C/C(=C\c1ccccc1)CN(CC1CCNCC1)C(=O)NCc1ccccc1. The standard InChI is InChI=1S/C24H31N3O/c1-20(16-21-8-4-2-5-9-21)18-27(19-23-12-14-25-15-13-23)24(28)26-17-22-10-6-3-7-11-22/h2-11,16,23,25H,12-15,17-19H2,1H3,(H,26,28)/b20-16+. The van der Waals surface area contributed by atoms with E-state index >= 15 is 0 Å². The van der Waals surface area contributed by atoms with Gasteiger partial charge in [0.1, 0.15) is 0 Å². The van der Waals surface area contributed by atoms with Crippen LogP contribution in [-0.4, -0.2) is 37.1 Å². The normalized spacial score (nSPS) is 15.2. The van der Waals surface area contributed by atoms with Crippen LogP contribution in [-0.2, 0) is 6.54 Å². The molecule has 1 saturated heterocycles. The van der Waals surface area contributed by atoms with E-state index in [1.807, 2.05) is 53.4 Å². The largest absolute Gasteiger partial charge is 0.334 e. The quantitative estimate of drug-likeness (QED) is 0.755. The van der Waals surface area contributed by atoms with Crippen molar-refractivity contribution in [3.8, 4) is 0 Å². The van der Waals surface area contributed by atoms with Crippen LogP contribution >= 0.6 is 0 Å². The minimum Gasteiger partial charge on any atom is -0.334 e. The van der Waals surface area contributed by atoms with Gasteiger partial charge in [-0.2, -0.15) is 0 Å². The molecule has 0 unspecified atom stereocenters. The highest BCUT2D eigenvalue weighted by Gasteiger charge is 2.21. The number of urea groups is 1. The molecule has 0 aliphatic carbocycles. The lowest BCUT2D eigenvalue weighted by atomic mass is 9.97. The Hall–Kier alpha value is -2.59. The first kappa shape index (κ1) is 20.2. The minimum atomic E-state index is 0.0168. The summed E-state index contributed by atoms with van der Waals surface area (Å²) in [6.07, 6.45) is 4.42. The molecule has 0 bridgehead atoms. The Morgan fingerprint density at radius 2 is 1.71 bits per heavy atom. The van der Waals surface area contributed by atoms with Crippen molar-refractivity contribution in [3.05, 3.63) is 77.4 Å². The van der Waals surface area contributed by atoms with E-state index in [4.69, 9.17) is 0 Å². The van der Waals surface area contributed by atoms with Crippen molar-refractivity contribution in [2.45, 2.75) is 26.3 Å². The molecule has 3 rings (SSSR count). The summed E-state index contributed by atoms with van der Waals surface area (Å²) in [4.78, 5) is 14.9. The molecule has 2 N–H and O–H groups in total. The monoisotopic (exact) mass is 377 g/mol. The zero-order valence-corrected chi connectivity index (χ0v) is 16.7. The van der Waals surface area contributed by atoms with Crippen LogP contribution in [0.1, 0.15) is 30.9 Å². The molecule has 2 amide bonds. The lowest BCUT2D eigenvalue weighted by molar-refractivity contribution is 0.185. The molecule has 1 heterocycles. The third-order valence-corrected chi connectivity index (χ3v) is 5.16. The van der Waals surface area contributed by atoms with Crippen LogP contribution in [0.2, 0.25) is 0 Å². The van der Waals surface area contributed by atoms with Crippen LogP contribution in [0.15, 0.2) is 66.2 Å². The molecular weight excluding hydrogens is 346 g/mol. The summed E-state index contributed by atoms with van der Waals surface area (Å²) in [5.41, 5.74) is 3.48. The molecule has 0 spiro atoms. The first-order valence-electron chi connectivity index (χ1n) is 10.2. The van der Waals surface area contributed by atoms with E-state index in [0.717, 1.165) is 38.0 Å². The van der Waals surface area contributed by atoms with Crippen molar-refractivity contribution in [1.29, 1.82) is 0 Å². The highest BCUT2D eigenvalue weighted by Crippen LogP contribution is 2.16. The zero-order valence-electron chi connectivity index (χ0n) is 16.7. The van der Waals surface area contributed by atoms with Gasteiger partial charge in [0, 0.05) is 19.6 Å². The van der Waals surface area contributed by atoms with Crippen LogP contribution in [0.4, 0.5) is 4.79 Å². The summed E-state index contributed by atoms with van der Waals surface area (Å²) in [7, 11) is 0. The van der Waals surface area contributed by atoms with Gasteiger partial charge in [-0.15, -0.1) is 0 Å². The number of carbonyl (C=O) groups is 1. The van der Waals surface area contributed by atoms with Crippen LogP contribution in [0.3, 0.4) is 0 Å². The summed E-state index contributed by atoms with van der Waals surface area (Å²) < 4.78 is 0. The molecule has 0 atom stereocenters. The Kier molecular flexibility index (Phi) is 7.68. The third kappa shape index (κ3) is 6.54. The maximum absolute atomic E-state index is 13.0. The lowest BCUT2D eigenvalue weighted by Gasteiger charge is -2.30. The minimum absolute atomic E-state index is 0.0168. The van der Waals surface area contributed by atoms with E-state index < -0.39 is 0 Å². The Morgan fingerprint density at radius 3 is 2.39 bits per heavy atom. The maximum atomic E-state index is 13.0. The van der Waals surface area contributed by atoms with Gasteiger partial charge in [-0.25, -0.2) is 4.79 Å². The predicted molar refractivity (Wildman–Crippen MR) is 116 cm³/mol.